The Hall–Kier alpha value is -3.07. The van der Waals surface area contributed by atoms with E-state index >= 15 is 0 Å². The van der Waals surface area contributed by atoms with Gasteiger partial charge in [0.05, 0.1) is 27.7 Å². The normalized spacial score (nSPS) is 16.0. The highest BCUT2D eigenvalue weighted by molar-refractivity contribution is 7.13. The summed E-state index contributed by atoms with van der Waals surface area (Å²) in [5.74, 6) is 0.899. The molecule has 4 aromatic rings. The van der Waals surface area contributed by atoms with Crippen molar-refractivity contribution in [2.75, 3.05) is 0 Å². The number of nitrogens with one attached hydrogen (secondary N) is 1. The molecule has 166 valence electrons. The van der Waals surface area contributed by atoms with E-state index < -0.39 is 5.54 Å². The molecule has 1 aliphatic carbocycles. The Kier molecular flexibility index (Phi) is 5.28. The molecule has 1 amide bonds. The predicted octanol–water partition coefficient (Wildman–Crippen LogP) is 5.02. The zero-order valence-electron chi connectivity index (χ0n) is 18.5. The fourth-order valence-electron chi connectivity index (χ4n) is 4.47. The molecule has 0 aromatic carbocycles. The second-order valence-corrected chi connectivity index (χ2v) is 9.63. The van der Waals surface area contributed by atoms with Crippen LogP contribution in [0.3, 0.4) is 0 Å². The van der Waals surface area contributed by atoms with Gasteiger partial charge in [-0.3, -0.25) is 4.79 Å². The average molecular weight is 451 g/mol. The van der Waals surface area contributed by atoms with Crippen molar-refractivity contribution in [2.24, 2.45) is 0 Å². The van der Waals surface area contributed by atoms with Gasteiger partial charge in [0, 0.05) is 13.0 Å². The third-order valence-corrected chi connectivity index (χ3v) is 6.98. The molecule has 0 bridgehead atoms. The highest BCUT2D eigenvalue weighted by Crippen LogP contribution is 2.37. The average Bonchev–Trinajstić information content (AvgIpc) is 3.54. The first-order valence-corrected chi connectivity index (χ1v) is 11.9. The molecule has 0 unspecified atom stereocenters. The van der Waals surface area contributed by atoms with Crippen LogP contribution in [0.15, 0.2) is 34.3 Å². The molecule has 9 heteroatoms. The van der Waals surface area contributed by atoms with E-state index in [0.29, 0.717) is 22.9 Å². The molecule has 8 nitrogen and oxygen atoms in total. The number of carbonyl (C=O) groups excluding carboxylic acids is 1. The lowest BCUT2D eigenvalue weighted by atomic mass is 9.80. The molecule has 0 spiro atoms. The Balaban J connectivity index is 1.60. The van der Waals surface area contributed by atoms with Crippen LogP contribution in [0, 0.1) is 6.92 Å². The van der Waals surface area contributed by atoms with Gasteiger partial charge < -0.3 is 9.84 Å². The van der Waals surface area contributed by atoms with Crippen molar-refractivity contribution >= 4 is 28.3 Å². The second-order valence-electron chi connectivity index (χ2n) is 8.69. The van der Waals surface area contributed by atoms with Crippen molar-refractivity contribution in [3.63, 3.8) is 0 Å². The molecule has 0 atom stereocenters. The van der Waals surface area contributed by atoms with Crippen molar-refractivity contribution < 1.29 is 9.32 Å². The van der Waals surface area contributed by atoms with Gasteiger partial charge in [-0.05, 0) is 44.2 Å². The highest BCUT2D eigenvalue weighted by Gasteiger charge is 2.40. The number of fused-ring (bicyclic) bond motifs is 1. The monoisotopic (exact) mass is 450 g/mol. The van der Waals surface area contributed by atoms with Crippen molar-refractivity contribution in [1.82, 2.24) is 30.2 Å². The standard InChI is InChI=1S/C23H26N6O2S/c1-14(2)29-20-17(13-24-29)16(12-18(26-20)19-8-7-11-32-19)21(30)27-23(9-5-4-6-10-23)22-25-15(3)31-28-22/h7-8,11-14H,4-6,9-10H2,1-3H3,(H,27,30). The number of rotatable bonds is 5. The van der Waals surface area contributed by atoms with Gasteiger partial charge in [-0.15, -0.1) is 11.3 Å². The number of amides is 1. The van der Waals surface area contributed by atoms with Crippen LogP contribution in [-0.4, -0.2) is 30.8 Å². The summed E-state index contributed by atoms with van der Waals surface area (Å²) < 4.78 is 7.13. The largest absolute Gasteiger partial charge is 0.340 e. The molecule has 1 fully saturated rings. The Labute approximate surface area is 190 Å². The minimum absolute atomic E-state index is 0.126. The molecule has 5 rings (SSSR count). The Morgan fingerprint density at radius 2 is 2.06 bits per heavy atom. The fourth-order valence-corrected chi connectivity index (χ4v) is 5.16. The third kappa shape index (κ3) is 3.60. The van der Waals surface area contributed by atoms with Gasteiger partial charge in [-0.25, -0.2) is 9.67 Å². The van der Waals surface area contributed by atoms with Crippen molar-refractivity contribution in [3.8, 4) is 10.6 Å². The van der Waals surface area contributed by atoms with Gasteiger partial charge >= 0.3 is 0 Å². The van der Waals surface area contributed by atoms with Gasteiger partial charge in [0.1, 0.15) is 5.54 Å². The molecule has 1 saturated carbocycles. The Bertz CT molecular complexity index is 1250. The van der Waals surface area contributed by atoms with Gasteiger partial charge in [0.25, 0.3) is 5.91 Å². The fraction of sp³-hybridized carbons (Fsp3) is 0.435. The Morgan fingerprint density at radius 3 is 2.72 bits per heavy atom. The molecule has 4 heterocycles. The van der Waals surface area contributed by atoms with Crippen LogP contribution in [0.2, 0.25) is 0 Å². The van der Waals surface area contributed by atoms with E-state index in [1.807, 2.05) is 28.3 Å². The predicted molar refractivity (Wildman–Crippen MR) is 122 cm³/mol. The van der Waals surface area contributed by atoms with Crippen LogP contribution in [0.1, 0.15) is 74.1 Å². The molecule has 0 saturated heterocycles. The van der Waals surface area contributed by atoms with Gasteiger partial charge in [-0.2, -0.15) is 10.1 Å². The first-order chi connectivity index (χ1) is 15.5. The topological polar surface area (TPSA) is 98.7 Å². The first kappa shape index (κ1) is 20.8. The van der Waals surface area contributed by atoms with E-state index in [2.05, 4.69) is 34.4 Å². The molecule has 1 N–H and O–H groups in total. The SMILES string of the molecule is Cc1nc(C2(NC(=O)c3cc(-c4cccs4)nc4c3cnn4C(C)C)CCCCC2)no1. The summed E-state index contributed by atoms with van der Waals surface area (Å²) in [6.07, 6.45) is 6.46. The van der Waals surface area contributed by atoms with E-state index in [-0.39, 0.29) is 11.9 Å². The number of carbonyl (C=O) groups is 1. The minimum Gasteiger partial charge on any atom is -0.340 e. The van der Waals surface area contributed by atoms with Crippen molar-refractivity contribution in [3.05, 3.63) is 47.1 Å². The first-order valence-electron chi connectivity index (χ1n) is 11.0. The second kappa shape index (κ2) is 8.12. The number of hydrogen-bond donors (Lipinski definition) is 1. The molecule has 0 radical (unpaired) electrons. The lowest BCUT2D eigenvalue weighted by Crippen LogP contribution is -2.48. The van der Waals surface area contributed by atoms with Gasteiger partial charge in [0.15, 0.2) is 11.5 Å². The maximum absolute atomic E-state index is 13.8. The number of nitrogens with zero attached hydrogens (tertiary/aromatic N) is 5. The molecular weight excluding hydrogens is 424 g/mol. The maximum atomic E-state index is 13.8. The van der Waals surface area contributed by atoms with Crippen LogP contribution < -0.4 is 5.32 Å². The minimum atomic E-state index is -0.625. The number of thiophene rings is 1. The third-order valence-electron chi connectivity index (χ3n) is 6.09. The molecule has 0 aliphatic heterocycles. The smallest absolute Gasteiger partial charge is 0.252 e. The van der Waals surface area contributed by atoms with Gasteiger partial charge in [0.2, 0.25) is 5.89 Å². The summed E-state index contributed by atoms with van der Waals surface area (Å²) in [6.45, 7) is 5.89. The lowest BCUT2D eigenvalue weighted by molar-refractivity contribution is 0.0857. The summed E-state index contributed by atoms with van der Waals surface area (Å²) in [6, 6.07) is 6.00. The Morgan fingerprint density at radius 1 is 1.25 bits per heavy atom. The highest BCUT2D eigenvalue weighted by atomic mass is 32.1. The zero-order valence-corrected chi connectivity index (χ0v) is 19.3. The summed E-state index contributed by atoms with van der Waals surface area (Å²) in [4.78, 5) is 24.1. The molecule has 4 aromatic heterocycles. The molecular formula is C23H26N6O2S. The number of hydrogen-bond acceptors (Lipinski definition) is 7. The molecule has 32 heavy (non-hydrogen) atoms. The van der Waals surface area contributed by atoms with E-state index in [1.165, 1.54) is 0 Å². The van der Waals surface area contributed by atoms with E-state index in [1.54, 1.807) is 24.5 Å². The van der Waals surface area contributed by atoms with E-state index in [4.69, 9.17) is 9.51 Å². The number of pyridine rings is 1. The van der Waals surface area contributed by atoms with Crippen LogP contribution in [0.5, 0.6) is 0 Å². The van der Waals surface area contributed by atoms with Crippen molar-refractivity contribution in [1.29, 1.82) is 0 Å². The van der Waals surface area contributed by atoms with Crippen molar-refractivity contribution in [2.45, 2.75) is 64.5 Å². The maximum Gasteiger partial charge on any atom is 0.252 e. The van der Waals surface area contributed by atoms with E-state index in [9.17, 15) is 4.79 Å². The summed E-state index contributed by atoms with van der Waals surface area (Å²) in [7, 11) is 0. The zero-order chi connectivity index (χ0) is 22.3. The number of aryl methyl sites for hydroxylation is 1. The number of aromatic nitrogens is 5. The molecule has 1 aliphatic rings. The van der Waals surface area contributed by atoms with Crippen LogP contribution >= 0.6 is 11.3 Å². The van der Waals surface area contributed by atoms with Gasteiger partial charge in [-0.1, -0.05) is 30.5 Å². The van der Waals surface area contributed by atoms with Crippen LogP contribution in [0.25, 0.3) is 21.6 Å². The quantitative estimate of drug-likeness (QED) is 0.458. The summed E-state index contributed by atoms with van der Waals surface area (Å²) in [5, 5.41) is 14.8. The van der Waals surface area contributed by atoms with E-state index in [0.717, 1.165) is 48.1 Å². The lowest BCUT2D eigenvalue weighted by Gasteiger charge is -2.35. The van der Waals surface area contributed by atoms with Crippen LogP contribution in [0.4, 0.5) is 0 Å². The summed E-state index contributed by atoms with van der Waals surface area (Å²) >= 11 is 1.60. The summed E-state index contributed by atoms with van der Waals surface area (Å²) in [5.41, 5.74) is 1.42. The van der Waals surface area contributed by atoms with Crippen LogP contribution in [-0.2, 0) is 5.54 Å².